The average Bonchev–Trinajstić information content (AvgIpc) is 2.58. The number of hydrogen-bond donors (Lipinski definition) is 3. The molecule has 0 aromatic heterocycles. The zero-order valence-electron chi connectivity index (χ0n) is 15.0. The van der Waals surface area contributed by atoms with E-state index in [0.29, 0.717) is 12.5 Å². The molecule has 0 bridgehead atoms. The van der Waals surface area contributed by atoms with Crippen LogP contribution in [-0.4, -0.2) is 43.5 Å². The lowest BCUT2D eigenvalue weighted by atomic mass is 10.1. The van der Waals surface area contributed by atoms with Crippen molar-refractivity contribution in [2.24, 2.45) is 5.92 Å². The number of nitrogens with one attached hydrogen (secondary N) is 3. The van der Waals surface area contributed by atoms with Gasteiger partial charge in [0, 0.05) is 6.54 Å². The minimum Gasteiger partial charge on any atom is -0.454 e. The maximum Gasteiger partial charge on any atom is 0.325 e. The smallest absolute Gasteiger partial charge is 0.325 e. The Kier molecular flexibility index (Phi) is 9.45. The molecule has 0 fully saturated rings. The molecule has 0 aliphatic rings. The fraction of sp³-hybridized carbons (Fsp3) is 0.444. The molecule has 0 saturated heterocycles. The molecule has 0 aliphatic heterocycles. The number of rotatable bonds is 9. The molecule has 4 amide bonds. The molecule has 142 valence electrons. The Bertz CT molecular complexity index is 617. The highest BCUT2D eigenvalue weighted by Gasteiger charge is 2.12. The number of imide groups is 1. The number of hydrogen-bond acceptors (Lipinski definition) is 5. The largest absolute Gasteiger partial charge is 0.454 e. The van der Waals surface area contributed by atoms with Crippen LogP contribution in [0.4, 0.5) is 4.79 Å². The third kappa shape index (κ3) is 10.1. The van der Waals surface area contributed by atoms with Crippen LogP contribution in [0.15, 0.2) is 30.3 Å². The molecule has 8 heteroatoms. The molecule has 0 aliphatic carbocycles. The van der Waals surface area contributed by atoms with Crippen LogP contribution in [0.5, 0.6) is 0 Å². The normalized spacial score (nSPS) is 10.1. The molecular formula is C18H25N3O5. The Balaban J connectivity index is 2.16. The van der Waals surface area contributed by atoms with Crippen LogP contribution in [0.25, 0.3) is 0 Å². The van der Waals surface area contributed by atoms with Crippen molar-refractivity contribution in [3.8, 4) is 0 Å². The highest BCUT2D eigenvalue weighted by atomic mass is 16.5. The molecule has 0 atom stereocenters. The summed E-state index contributed by atoms with van der Waals surface area (Å²) in [5.41, 5.74) is 0.821. The number of carbonyl (C=O) groups is 4. The summed E-state index contributed by atoms with van der Waals surface area (Å²) in [5.74, 6) is -1.40. The Labute approximate surface area is 152 Å². The maximum atomic E-state index is 11.7. The summed E-state index contributed by atoms with van der Waals surface area (Å²) in [6.45, 7) is 3.54. The van der Waals surface area contributed by atoms with Crippen molar-refractivity contribution < 1.29 is 23.9 Å². The van der Waals surface area contributed by atoms with Gasteiger partial charge >= 0.3 is 12.0 Å². The average molecular weight is 363 g/mol. The summed E-state index contributed by atoms with van der Waals surface area (Å²) in [6.07, 6.45) is 0.935. The van der Waals surface area contributed by atoms with E-state index >= 15 is 0 Å². The second kappa shape index (κ2) is 11.6. The zero-order chi connectivity index (χ0) is 19.4. The third-order valence-corrected chi connectivity index (χ3v) is 3.26. The summed E-state index contributed by atoms with van der Waals surface area (Å²) in [5, 5.41) is 6.99. The van der Waals surface area contributed by atoms with Crippen molar-refractivity contribution >= 4 is 23.8 Å². The quantitative estimate of drug-likeness (QED) is 0.561. The predicted octanol–water partition coefficient (Wildman–Crippen LogP) is 0.760. The number of urea groups is 1. The molecule has 3 N–H and O–H groups in total. The Morgan fingerprint density at radius 2 is 1.69 bits per heavy atom. The van der Waals surface area contributed by atoms with Gasteiger partial charge in [-0.3, -0.25) is 19.7 Å². The van der Waals surface area contributed by atoms with E-state index < -0.39 is 24.5 Å². The van der Waals surface area contributed by atoms with E-state index in [0.717, 1.165) is 12.0 Å². The molecule has 8 nitrogen and oxygen atoms in total. The van der Waals surface area contributed by atoms with E-state index in [2.05, 4.69) is 16.0 Å². The molecule has 0 radical (unpaired) electrons. The van der Waals surface area contributed by atoms with Crippen molar-refractivity contribution in [3.05, 3.63) is 35.9 Å². The van der Waals surface area contributed by atoms with E-state index in [4.69, 9.17) is 4.74 Å². The van der Waals surface area contributed by atoms with Crippen LogP contribution in [0.1, 0.15) is 25.8 Å². The first kappa shape index (κ1) is 21.1. The van der Waals surface area contributed by atoms with Gasteiger partial charge in [-0.05, 0) is 17.9 Å². The lowest BCUT2D eigenvalue weighted by Crippen LogP contribution is -2.42. The number of carbonyl (C=O) groups excluding carboxylic acids is 4. The highest BCUT2D eigenvalue weighted by molar-refractivity contribution is 5.95. The molecule has 1 aromatic carbocycles. The molecule has 0 unspecified atom stereocenters. The van der Waals surface area contributed by atoms with Gasteiger partial charge in [-0.25, -0.2) is 4.79 Å². The standard InChI is InChI=1S/C18H25N3O5/c1-13(2)8-9-19-18(25)21-16(23)12-26-17(24)11-20-15(22)10-14-6-4-3-5-7-14/h3-7,13H,8-12H2,1-2H3,(H,20,22)(H2,19,21,23,25). The Morgan fingerprint density at radius 3 is 2.35 bits per heavy atom. The highest BCUT2D eigenvalue weighted by Crippen LogP contribution is 1.99. The van der Waals surface area contributed by atoms with Crippen molar-refractivity contribution in [1.82, 2.24) is 16.0 Å². The molecule has 0 heterocycles. The van der Waals surface area contributed by atoms with Gasteiger partial charge in [0.2, 0.25) is 5.91 Å². The fourth-order valence-electron chi connectivity index (χ4n) is 1.89. The second-order valence-corrected chi connectivity index (χ2v) is 6.09. The van der Waals surface area contributed by atoms with Crippen LogP contribution in [0, 0.1) is 5.92 Å². The number of amides is 4. The van der Waals surface area contributed by atoms with Gasteiger partial charge in [0.15, 0.2) is 6.61 Å². The van der Waals surface area contributed by atoms with Crippen molar-refractivity contribution in [1.29, 1.82) is 0 Å². The van der Waals surface area contributed by atoms with E-state index in [1.807, 2.05) is 32.0 Å². The lowest BCUT2D eigenvalue weighted by molar-refractivity contribution is -0.148. The van der Waals surface area contributed by atoms with Crippen LogP contribution < -0.4 is 16.0 Å². The van der Waals surface area contributed by atoms with Crippen LogP contribution in [0.2, 0.25) is 0 Å². The van der Waals surface area contributed by atoms with Gasteiger partial charge in [-0.15, -0.1) is 0 Å². The molecule has 1 rings (SSSR count). The number of esters is 1. The monoisotopic (exact) mass is 363 g/mol. The fourth-order valence-corrected chi connectivity index (χ4v) is 1.89. The van der Waals surface area contributed by atoms with Gasteiger partial charge in [0.25, 0.3) is 5.91 Å². The lowest BCUT2D eigenvalue weighted by Gasteiger charge is -2.09. The zero-order valence-corrected chi connectivity index (χ0v) is 15.0. The Morgan fingerprint density at radius 1 is 1.00 bits per heavy atom. The van der Waals surface area contributed by atoms with E-state index in [9.17, 15) is 19.2 Å². The van der Waals surface area contributed by atoms with E-state index in [1.54, 1.807) is 12.1 Å². The Hall–Kier alpha value is -2.90. The number of ether oxygens (including phenoxy) is 1. The first-order valence-electron chi connectivity index (χ1n) is 8.40. The third-order valence-electron chi connectivity index (χ3n) is 3.26. The van der Waals surface area contributed by atoms with Gasteiger partial charge < -0.3 is 15.4 Å². The summed E-state index contributed by atoms with van der Waals surface area (Å²) < 4.78 is 4.70. The molecule has 0 spiro atoms. The van der Waals surface area contributed by atoms with Gasteiger partial charge in [-0.2, -0.15) is 0 Å². The van der Waals surface area contributed by atoms with Crippen molar-refractivity contribution in [2.75, 3.05) is 19.7 Å². The molecule has 0 saturated carbocycles. The molecular weight excluding hydrogens is 338 g/mol. The first-order valence-corrected chi connectivity index (χ1v) is 8.40. The predicted molar refractivity (Wildman–Crippen MR) is 95.1 cm³/mol. The SMILES string of the molecule is CC(C)CCNC(=O)NC(=O)COC(=O)CNC(=O)Cc1ccccc1. The minimum atomic E-state index is -0.762. The summed E-state index contributed by atoms with van der Waals surface area (Å²) in [4.78, 5) is 46.1. The molecule has 1 aromatic rings. The van der Waals surface area contributed by atoms with Crippen LogP contribution >= 0.6 is 0 Å². The summed E-state index contributed by atoms with van der Waals surface area (Å²) in [6, 6.07) is 8.43. The topological polar surface area (TPSA) is 114 Å². The summed E-state index contributed by atoms with van der Waals surface area (Å²) in [7, 11) is 0. The maximum absolute atomic E-state index is 11.7. The molecule has 26 heavy (non-hydrogen) atoms. The van der Waals surface area contributed by atoms with Gasteiger partial charge in [0.05, 0.1) is 6.42 Å². The second-order valence-electron chi connectivity index (χ2n) is 6.09. The minimum absolute atomic E-state index is 0.144. The van der Waals surface area contributed by atoms with Crippen LogP contribution in [0.3, 0.4) is 0 Å². The van der Waals surface area contributed by atoms with Crippen LogP contribution in [-0.2, 0) is 25.5 Å². The van der Waals surface area contributed by atoms with E-state index in [-0.39, 0.29) is 18.9 Å². The first-order chi connectivity index (χ1) is 12.4. The van der Waals surface area contributed by atoms with Gasteiger partial charge in [0.1, 0.15) is 6.54 Å². The van der Waals surface area contributed by atoms with Gasteiger partial charge in [-0.1, -0.05) is 44.2 Å². The van der Waals surface area contributed by atoms with Crippen molar-refractivity contribution in [3.63, 3.8) is 0 Å². The van der Waals surface area contributed by atoms with E-state index in [1.165, 1.54) is 0 Å². The number of benzene rings is 1. The van der Waals surface area contributed by atoms with Crippen molar-refractivity contribution in [2.45, 2.75) is 26.7 Å². The summed E-state index contributed by atoms with van der Waals surface area (Å²) >= 11 is 0.